The lowest BCUT2D eigenvalue weighted by Gasteiger charge is -2.22. The van der Waals surface area contributed by atoms with E-state index in [4.69, 9.17) is 5.11 Å². The maximum Gasteiger partial charge on any atom is 0.306 e. The van der Waals surface area contributed by atoms with E-state index < -0.39 is 23.5 Å². The Morgan fingerprint density at radius 1 is 1.50 bits per heavy atom. The van der Waals surface area contributed by atoms with Gasteiger partial charge in [-0.1, -0.05) is 31.9 Å². The molecule has 1 aliphatic carbocycles. The van der Waals surface area contributed by atoms with Crippen molar-refractivity contribution < 1.29 is 19.4 Å². The van der Waals surface area contributed by atoms with E-state index in [0.29, 0.717) is 17.9 Å². The highest BCUT2D eigenvalue weighted by Crippen LogP contribution is 2.43. The molecule has 1 aliphatic rings. The van der Waals surface area contributed by atoms with Crippen LogP contribution in [0.5, 0.6) is 5.75 Å². The first-order chi connectivity index (χ1) is 8.50. The van der Waals surface area contributed by atoms with Crippen molar-refractivity contribution in [1.29, 1.82) is 0 Å². The van der Waals surface area contributed by atoms with Crippen LogP contribution in [-0.2, 0) is 4.79 Å². The molecule has 0 amide bonds. The smallest absolute Gasteiger partial charge is 0.306 e. The van der Waals surface area contributed by atoms with Crippen molar-refractivity contribution in [3.05, 3.63) is 29.6 Å². The second kappa shape index (κ2) is 4.96. The van der Waals surface area contributed by atoms with Gasteiger partial charge in [-0.2, -0.15) is 0 Å². The van der Waals surface area contributed by atoms with Crippen molar-refractivity contribution in [3.63, 3.8) is 0 Å². The monoisotopic (exact) mass is 252 g/mol. The van der Waals surface area contributed by atoms with Crippen LogP contribution in [0, 0.1) is 17.7 Å². The number of phenols is 1. The van der Waals surface area contributed by atoms with Crippen LogP contribution in [0.4, 0.5) is 4.39 Å². The van der Waals surface area contributed by atoms with Gasteiger partial charge in [0.25, 0.3) is 0 Å². The Hall–Kier alpha value is -1.58. The predicted octanol–water partition coefficient (Wildman–Crippen LogP) is 3.14. The summed E-state index contributed by atoms with van der Waals surface area (Å²) < 4.78 is 13.9. The van der Waals surface area contributed by atoms with E-state index in [0.717, 1.165) is 12.8 Å². The van der Waals surface area contributed by atoms with Crippen molar-refractivity contribution in [2.45, 2.75) is 32.1 Å². The molecule has 0 spiro atoms. The third-order valence-corrected chi connectivity index (χ3v) is 3.68. The zero-order valence-electron chi connectivity index (χ0n) is 10.3. The highest BCUT2D eigenvalue weighted by atomic mass is 19.1. The van der Waals surface area contributed by atoms with E-state index in [9.17, 15) is 14.3 Å². The number of hydrogen-bond acceptors (Lipinski definition) is 2. The maximum absolute atomic E-state index is 13.9. The van der Waals surface area contributed by atoms with Gasteiger partial charge in [-0.15, -0.1) is 0 Å². The van der Waals surface area contributed by atoms with E-state index in [1.807, 2.05) is 0 Å². The van der Waals surface area contributed by atoms with Gasteiger partial charge in [0.1, 0.15) is 0 Å². The van der Waals surface area contributed by atoms with E-state index >= 15 is 0 Å². The topological polar surface area (TPSA) is 57.5 Å². The molecule has 0 aliphatic heterocycles. The van der Waals surface area contributed by atoms with Gasteiger partial charge in [0, 0.05) is 5.92 Å². The second-order valence-corrected chi connectivity index (χ2v) is 5.09. The van der Waals surface area contributed by atoms with E-state index in [1.54, 1.807) is 19.1 Å². The number of aliphatic carboxylic acids is 1. The summed E-state index contributed by atoms with van der Waals surface area (Å²) in [5, 5.41) is 18.5. The Bertz CT molecular complexity index is 454. The molecule has 0 heterocycles. The first-order valence-electron chi connectivity index (χ1n) is 6.21. The van der Waals surface area contributed by atoms with Crippen LogP contribution in [0.2, 0.25) is 0 Å². The highest BCUT2D eigenvalue weighted by Gasteiger charge is 2.34. The first kappa shape index (κ1) is 12.9. The lowest BCUT2D eigenvalue weighted by atomic mass is 9.83. The summed E-state index contributed by atoms with van der Waals surface area (Å²) >= 11 is 0. The van der Waals surface area contributed by atoms with E-state index in [2.05, 4.69) is 0 Å². The van der Waals surface area contributed by atoms with Crippen molar-refractivity contribution in [2.24, 2.45) is 11.8 Å². The molecule has 0 saturated heterocycles. The molecule has 4 heteroatoms. The SMILES string of the molecule is CC(C(=O)O)C(CC1CC1)c1cccc(O)c1F. The lowest BCUT2D eigenvalue weighted by Crippen LogP contribution is -2.20. The van der Waals surface area contributed by atoms with Crippen molar-refractivity contribution >= 4 is 5.97 Å². The van der Waals surface area contributed by atoms with Crippen LogP contribution in [0.25, 0.3) is 0 Å². The number of carboxylic acids is 1. The molecular formula is C14H17FO3. The fraction of sp³-hybridized carbons (Fsp3) is 0.500. The second-order valence-electron chi connectivity index (χ2n) is 5.09. The summed E-state index contributed by atoms with van der Waals surface area (Å²) in [6.07, 6.45) is 2.85. The molecule has 1 fully saturated rings. The lowest BCUT2D eigenvalue weighted by molar-refractivity contribution is -0.142. The number of halogens is 1. The van der Waals surface area contributed by atoms with Gasteiger partial charge in [-0.25, -0.2) is 4.39 Å². The maximum atomic E-state index is 13.9. The number of rotatable bonds is 5. The quantitative estimate of drug-likeness (QED) is 0.846. The Morgan fingerprint density at radius 2 is 2.17 bits per heavy atom. The molecule has 2 rings (SSSR count). The largest absolute Gasteiger partial charge is 0.505 e. The molecule has 1 aromatic rings. The van der Waals surface area contributed by atoms with Gasteiger partial charge in [-0.05, 0) is 24.0 Å². The fourth-order valence-electron chi connectivity index (χ4n) is 2.31. The Labute approximate surface area is 105 Å². The van der Waals surface area contributed by atoms with Gasteiger partial charge >= 0.3 is 5.97 Å². The number of carbonyl (C=O) groups is 1. The summed E-state index contributed by atoms with van der Waals surface area (Å²) in [7, 11) is 0. The van der Waals surface area contributed by atoms with E-state index in [-0.39, 0.29) is 5.92 Å². The fourth-order valence-corrected chi connectivity index (χ4v) is 2.31. The predicted molar refractivity (Wildman–Crippen MR) is 64.9 cm³/mol. The van der Waals surface area contributed by atoms with Crippen LogP contribution >= 0.6 is 0 Å². The Morgan fingerprint density at radius 3 is 2.72 bits per heavy atom. The zero-order chi connectivity index (χ0) is 13.3. The highest BCUT2D eigenvalue weighted by molar-refractivity contribution is 5.71. The Kier molecular flexibility index (Phi) is 3.55. The van der Waals surface area contributed by atoms with E-state index in [1.165, 1.54) is 6.07 Å². The number of aromatic hydroxyl groups is 1. The van der Waals surface area contributed by atoms with Crippen LogP contribution in [0.3, 0.4) is 0 Å². The number of phenolic OH excluding ortho intramolecular Hbond substituents is 1. The summed E-state index contributed by atoms with van der Waals surface area (Å²) in [6.45, 7) is 1.60. The molecule has 3 nitrogen and oxygen atoms in total. The summed E-state index contributed by atoms with van der Waals surface area (Å²) in [5.41, 5.74) is 0.316. The Balaban J connectivity index is 2.31. The van der Waals surface area contributed by atoms with Crippen molar-refractivity contribution in [1.82, 2.24) is 0 Å². The third-order valence-electron chi connectivity index (χ3n) is 3.68. The minimum absolute atomic E-state index is 0.316. The standard InChI is InChI=1S/C14H17FO3/c1-8(14(17)18)11(7-9-5-6-9)10-3-2-4-12(16)13(10)15/h2-4,8-9,11,16H,5-7H2,1H3,(H,17,18). The number of benzene rings is 1. The van der Waals surface area contributed by atoms with Crippen LogP contribution in [-0.4, -0.2) is 16.2 Å². The third kappa shape index (κ3) is 2.63. The summed E-state index contributed by atoms with van der Waals surface area (Å²) in [5.74, 6) is -2.55. The van der Waals surface area contributed by atoms with Crippen LogP contribution in [0.1, 0.15) is 37.7 Å². The first-order valence-corrected chi connectivity index (χ1v) is 6.21. The summed E-state index contributed by atoms with van der Waals surface area (Å²) in [4.78, 5) is 11.1. The molecule has 0 radical (unpaired) electrons. The van der Waals surface area contributed by atoms with Gasteiger partial charge < -0.3 is 10.2 Å². The number of hydrogen-bond donors (Lipinski definition) is 2. The molecule has 1 saturated carbocycles. The van der Waals surface area contributed by atoms with Gasteiger partial charge in [0.15, 0.2) is 11.6 Å². The van der Waals surface area contributed by atoms with Gasteiger partial charge in [-0.3, -0.25) is 4.79 Å². The van der Waals surface area contributed by atoms with Crippen molar-refractivity contribution in [3.8, 4) is 5.75 Å². The summed E-state index contributed by atoms with van der Waals surface area (Å²) in [6, 6.07) is 4.40. The molecule has 98 valence electrons. The van der Waals surface area contributed by atoms with Crippen LogP contribution < -0.4 is 0 Å². The number of carboxylic acid groups (broad SMARTS) is 1. The van der Waals surface area contributed by atoms with Crippen LogP contribution in [0.15, 0.2) is 18.2 Å². The molecule has 0 aromatic heterocycles. The normalized spacial score (nSPS) is 18.3. The van der Waals surface area contributed by atoms with Crippen molar-refractivity contribution in [2.75, 3.05) is 0 Å². The molecule has 2 N–H and O–H groups in total. The molecular weight excluding hydrogens is 235 g/mol. The van der Waals surface area contributed by atoms with Gasteiger partial charge in [0.2, 0.25) is 0 Å². The molecule has 2 atom stereocenters. The minimum Gasteiger partial charge on any atom is -0.505 e. The average molecular weight is 252 g/mol. The zero-order valence-corrected chi connectivity index (χ0v) is 10.3. The molecule has 0 bridgehead atoms. The molecule has 18 heavy (non-hydrogen) atoms. The average Bonchev–Trinajstić information content (AvgIpc) is 3.13. The van der Waals surface area contributed by atoms with Gasteiger partial charge in [0.05, 0.1) is 5.92 Å². The molecule has 1 aromatic carbocycles. The minimum atomic E-state index is -0.927. The molecule has 2 unspecified atom stereocenters.